The van der Waals surface area contributed by atoms with Gasteiger partial charge in [0.1, 0.15) is 30.0 Å². The molecule has 1 saturated heterocycles. The van der Waals surface area contributed by atoms with Crippen molar-refractivity contribution in [2.24, 2.45) is 0 Å². The summed E-state index contributed by atoms with van der Waals surface area (Å²) in [6.07, 6.45) is 0.193. The zero-order valence-corrected chi connectivity index (χ0v) is 24.3. The van der Waals surface area contributed by atoms with Crippen LogP contribution in [0.15, 0.2) is 115 Å². The van der Waals surface area contributed by atoms with Crippen LogP contribution in [0.2, 0.25) is 0 Å². The van der Waals surface area contributed by atoms with Crippen LogP contribution in [0.3, 0.4) is 0 Å². The van der Waals surface area contributed by atoms with Crippen LogP contribution in [0.1, 0.15) is 24.0 Å². The van der Waals surface area contributed by atoms with E-state index in [1.54, 1.807) is 60.7 Å². The number of alkyl carbamates (subject to hydrolysis) is 1. The number of hydrogen-bond acceptors (Lipinski definition) is 6. The molecule has 1 fully saturated rings. The van der Waals surface area contributed by atoms with Crippen molar-refractivity contribution in [3.63, 3.8) is 0 Å². The van der Waals surface area contributed by atoms with Crippen LogP contribution in [-0.4, -0.2) is 35.3 Å². The average molecular weight is 603 g/mol. The molecule has 222 valence electrons. The predicted molar refractivity (Wildman–Crippen MR) is 160 cm³/mol. The zero-order valence-electron chi connectivity index (χ0n) is 23.4. The first-order valence-electron chi connectivity index (χ1n) is 14.0. The summed E-state index contributed by atoms with van der Waals surface area (Å²) in [4.78, 5) is 28.5. The molecule has 8 nitrogen and oxygen atoms in total. The Morgan fingerprint density at radius 2 is 1.37 bits per heavy atom. The summed E-state index contributed by atoms with van der Waals surface area (Å²) in [5.74, 6) is -1.13. The molecule has 1 unspecified atom stereocenters. The van der Waals surface area contributed by atoms with E-state index in [-0.39, 0.29) is 19.6 Å². The highest BCUT2D eigenvalue weighted by atomic mass is 31.2. The Morgan fingerprint density at radius 1 is 0.814 bits per heavy atom. The lowest BCUT2D eigenvalue weighted by Crippen LogP contribution is -2.51. The van der Waals surface area contributed by atoms with E-state index in [1.165, 1.54) is 17.0 Å². The molecule has 1 N–H and O–H groups in total. The van der Waals surface area contributed by atoms with Gasteiger partial charge in [0.2, 0.25) is 5.91 Å². The van der Waals surface area contributed by atoms with Gasteiger partial charge in [-0.3, -0.25) is 4.79 Å². The minimum atomic E-state index is -4.02. The van der Waals surface area contributed by atoms with E-state index in [0.717, 1.165) is 5.56 Å². The van der Waals surface area contributed by atoms with Crippen molar-refractivity contribution < 1.29 is 32.3 Å². The molecule has 0 aliphatic carbocycles. The van der Waals surface area contributed by atoms with Crippen LogP contribution in [0.4, 0.5) is 9.18 Å². The first kappa shape index (κ1) is 29.9. The molecule has 5 rings (SSSR count). The molecule has 0 aromatic heterocycles. The van der Waals surface area contributed by atoms with Crippen molar-refractivity contribution in [3.05, 3.63) is 132 Å². The number of amides is 2. The third kappa shape index (κ3) is 8.02. The van der Waals surface area contributed by atoms with Crippen molar-refractivity contribution in [1.82, 2.24) is 10.2 Å². The van der Waals surface area contributed by atoms with Gasteiger partial charge in [-0.1, -0.05) is 78.9 Å². The molecule has 43 heavy (non-hydrogen) atoms. The molecule has 1 heterocycles. The first-order valence-corrected chi connectivity index (χ1v) is 15.6. The summed E-state index contributed by atoms with van der Waals surface area (Å²) >= 11 is 0. The Hall–Kier alpha value is -4.62. The molecule has 2 amide bonds. The number of nitrogens with one attached hydrogen (secondary N) is 1. The molecule has 1 aliphatic rings. The Kier molecular flexibility index (Phi) is 9.74. The van der Waals surface area contributed by atoms with E-state index in [1.807, 2.05) is 42.5 Å². The Balaban J connectivity index is 1.40. The normalized spacial score (nSPS) is 15.4. The topological polar surface area (TPSA) is 94.2 Å². The molecule has 4 aromatic carbocycles. The fourth-order valence-corrected chi connectivity index (χ4v) is 7.08. The second-order valence-corrected chi connectivity index (χ2v) is 12.1. The third-order valence-corrected chi connectivity index (χ3v) is 9.17. The van der Waals surface area contributed by atoms with Crippen LogP contribution < -0.4 is 14.4 Å². The Morgan fingerprint density at radius 3 is 1.95 bits per heavy atom. The molecule has 0 bridgehead atoms. The molecule has 10 heteroatoms. The maximum atomic E-state index is 14.6. The summed E-state index contributed by atoms with van der Waals surface area (Å²) in [5, 5.41) is 2.68. The van der Waals surface area contributed by atoms with Crippen molar-refractivity contribution >= 4 is 19.6 Å². The largest absolute Gasteiger partial charge is 0.453 e. The van der Waals surface area contributed by atoms with E-state index in [2.05, 4.69) is 5.32 Å². The quantitative estimate of drug-likeness (QED) is 0.187. The second-order valence-electron chi connectivity index (χ2n) is 10.1. The fourth-order valence-electron chi connectivity index (χ4n) is 4.90. The number of rotatable bonds is 11. The van der Waals surface area contributed by atoms with Crippen LogP contribution in [0.5, 0.6) is 11.5 Å². The molecule has 0 spiro atoms. The van der Waals surface area contributed by atoms with Gasteiger partial charge in [0.25, 0.3) is 0 Å². The van der Waals surface area contributed by atoms with Gasteiger partial charge in [-0.05, 0) is 60.4 Å². The number of halogens is 1. The lowest BCUT2D eigenvalue weighted by molar-refractivity contribution is -0.133. The first-order chi connectivity index (χ1) is 20.9. The van der Waals surface area contributed by atoms with Crippen molar-refractivity contribution in [3.8, 4) is 11.5 Å². The molecule has 0 saturated carbocycles. The SMILES string of the molecule is O=C(N[C@@H](Cc1ccc(F)cc1)C(=O)N1CCCC1P(=O)(Oc1ccccc1)Oc1ccccc1)OCc1ccccc1. The highest BCUT2D eigenvalue weighted by Gasteiger charge is 2.49. The maximum Gasteiger partial charge on any atom is 0.453 e. The Labute approximate surface area is 249 Å². The van der Waals surface area contributed by atoms with Gasteiger partial charge in [-0.25, -0.2) is 13.8 Å². The van der Waals surface area contributed by atoms with Gasteiger partial charge in [-0.15, -0.1) is 0 Å². The maximum absolute atomic E-state index is 14.6. The van der Waals surface area contributed by atoms with E-state index < -0.39 is 37.2 Å². The molecular weight excluding hydrogens is 570 g/mol. The predicted octanol–water partition coefficient (Wildman–Crippen LogP) is 6.96. The lowest BCUT2D eigenvalue weighted by atomic mass is 10.0. The minimum Gasteiger partial charge on any atom is -0.445 e. The molecule has 1 aliphatic heterocycles. The average Bonchev–Trinajstić information content (AvgIpc) is 3.53. The standard InChI is InChI=1S/C33H32FN2O6P/c34-27-20-18-25(19-21-27)23-30(35-33(38)40-24-26-11-4-1-5-12-26)32(37)36-22-10-17-31(36)43(39,41-28-13-6-2-7-14-28)42-29-15-8-3-9-16-29/h1-9,11-16,18-21,30-31H,10,17,22-24H2,(H,35,38)/t30-,31?/m0/s1. The van der Waals surface area contributed by atoms with Crippen molar-refractivity contribution in [2.45, 2.75) is 37.7 Å². The number of carbonyl (C=O) groups is 2. The van der Waals surface area contributed by atoms with Crippen LogP contribution >= 0.6 is 7.60 Å². The van der Waals surface area contributed by atoms with E-state index in [4.69, 9.17) is 13.8 Å². The van der Waals surface area contributed by atoms with Crippen molar-refractivity contribution in [1.29, 1.82) is 0 Å². The van der Waals surface area contributed by atoms with E-state index >= 15 is 0 Å². The number of ether oxygens (including phenoxy) is 1. The highest BCUT2D eigenvalue weighted by molar-refractivity contribution is 7.55. The van der Waals surface area contributed by atoms with Crippen LogP contribution in [0, 0.1) is 5.82 Å². The molecular formula is C33H32FN2O6P. The van der Waals surface area contributed by atoms with Crippen molar-refractivity contribution in [2.75, 3.05) is 6.54 Å². The van der Waals surface area contributed by atoms with Gasteiger partial charge in [0.15, 0.2) is 5.78 Å². The number of likely N-dealkylation sites (tertiary alicyclic amines) is 1. The van der Waals surface area contributed by atoms with Gasteiger partial charge in [0, 0.05) is 13.0 Å². The zero-order chi connectivity index (χ0) is 30.1. The smallest absolute Gasteiger partial charge is 0.445 e. The molecule has 4 aromatic rings. The van der Waals surface area contributed by atoms with Gasteiger partial charge < -0.3 is 24.0 Å². The van der Waals surface area contributed by atoms with Gasteiger partial charge in [0.05, 0.1) is 0 Å². The van der Waals surface area contributed by atoms with Gasteiger partial charge in [-0.2, -0.15) is 0 Å². The Bertz CT molecular complexity index is 1490. The monoisotopic (exact) mass is 602 g/mol. The van der Waals surface area contributed by atoms with Crippen LogP contribution in [0.25, 0.3) is 0 Å². The van der Waals surface area contributed by atoms with Gasteiger partial charge >= 0.3 is 13.7 Å². The minimum absolute atomic E-state index is 0.0154. The summed E-state index contributed by atoms with van der Waals surface area (Å²) in [6.45, 7) is 0.298. The third-order valence-electron chi connectivity index (χ3n) is 6.98. The van der Waals surface area contributed by atoms with Crippen LogP contribution in [-0.2, 0) is 27.1 Å². The molecule has 2 atom stereocenters. The summed E-state index contributed by atoms with van der Waals surface area (Å²) in [7, 11) is -4.02. The lowest BCUT2D eigenvalue weighted by Gasteiger charge is -2.33. The number of hydrogen-bond donors (Lipinski definition) is 1. The molecule has 0 radical (unpaired) electrons. The highest BCUT2D eigenvalue weighted by Crippen LogP contribution is 2.57. The number of benzene rings is 4. The van der Waals surface area contributed by atoms with E-state index in [9.17, 15) is 18.5 Å². The van der Waals surface area contributed by atoms with E-state index in [0.29, 0.717) is 29.9 Å². The number of nitrogens with zero attached hydrogens (tertiary/aromatic N) is 1. The summed E-state index contributed by atoms with van der Waals surface area (Å²) < 4.78 is 45.7. The second kappa shape index (κ2) is 14.0. The summed E-state index contributed by atoms with van der Waals surface area (Å²) in [5.41, 5.74) is 1.42. The summed E-state index contributed by atoms with van der Waals surface area (Å²) in [6, 6.07) is 31.1. The fraction of sp³-hybridized carbons (Fsp3) is 0.212. The number of para-hydroxylation sites is 2. The number of carbonyl (C=O) groups excluding carboxylic acids is 2.